The third-order valence-corrected chi connectivity index (χ3v) is 4.70. The average molecular weight is 332 g/mol. The number of nitrogens with zero attached hydrogens (tertiary/aromatic N) is 4. The number of imidazole rings is 1. The fraction of sp³-hybridized carbons (Fsp3) is 0.211. The van der Waals surface area contributed by atoms with Crippen LogP contribution in [0.1, 0.15) is 22.8 Å². The maximum Gasteiger partial charge on any atom is 0.272 e. The Morgan fingerprint density at radius 1 is 1.16 bits per heavy atom. The molecule has 6 heteroatoms. The molecule has 0 radical (unpaired) electrons. The molecule has 0 unspecified atom stereocenters. The number of carbonyl (C=O) groups is 1. The Morgan fingerprint density at radius 2 is 2.00 bits per heavy atom. The summed E-state index contributed by atoms with van der Waals surface area (Å²) in [6.07, 6.45) is 4.69. The molecule has 0 bridgehead atoms. The second-order valence-corrected chi connectivity index (χ2v) is 6.35. The van der Waals surface area contributed by atoms with Gasteiger partial charge in [-0.05, 0) is 41.8 Å². The molecular weight excluding hydrogens is 316 g/mol. The Hall–Kier alpha value is -3.15. The highest BCUT2D eigenvalue weighted by molar-refractivity contribution is 5.94. The van der Waals surface area contributed by atoms with Gasteiger partial charge >= 0.3 is 0 Å². The average Bonchev–Trinajstić information content (AvgIpc) is 3.13. The number of hydrogen-bond donors (Lipinski definition) is 0. The molecule has 1 aromatic carbocycles. The number of aryl methyl sites for hydroxylation is 1. The van der Waals surface area contributed by atoms with Crippen molar-refractivity contribution in [1.29, 1.82) is 0 Å². The lowest BCUT2D eigenvalue weighted by molar-refractivity contribution is 0.0644. The fourth-order valence-electron chi connectivity index (χ4n) is 3.21. The lowest BCUT2D eigenvalue weighted by Gasteiger charge is -2.30. The van der Waals surface area contributed by atoms with Gasteiger partial charge in [-0.1, -0.05) is 6.07 Å². The van der Waals surface area contributed by atoms with Crippen LogP contribution in [-0.2, 0) is 0 Å². The number of benzene rings is 1. The van der Waals surface area contributed by atoms with Crippen LogP contribution in [0.5, 0.6) is 0 Å². The molecule has 1 aliphatic heterocycles. The first-order valence-electron chi connectivity index (χ1n) is 8.33. The number of hydrogen-bond acceptors (Lipinski definition) is 4. The van der Waals surface area contributed by atoms with E-state index in [0.717, 1.165) is 47.4 Å². The predicted octanol–water partition coefficient (Wildman–Crippen LogP) is 3.30. The van der Waals surface area contributed by atoms with Crippen molar-refractivity contribution in [1.82, 2.24) is 19.3 Å². The Labute approximate surface area is 143 Å². The Morgan fingerprint density at radius 3 is 2.80 bits per heavy atom. The lowest BCUT2D eigenvalue weighted by Crippen LogP contribution is -2.42. The van der Waals surface area contributed by atoms with Crippen LogP contribution < -0.4 is 0 Å². The van der Waals surface area contributed by atoms with Crippen LogP contribution in [0.25, 0.3) is 27.9 Å². The molecule has 3 aromatic heterocycles. The summed E-state index contributed by atoms with van der Waals surface area (Å²) in [5.41, 5.74) is 5.02. The molecule has 0 spiro atoms. The van der Waals surface area contributed by atoms with Crippen molar-refractivity contribution in [2.75, 3.05) is 13.1 Å². The maximum atomic E-state index is 12.6. The summed E-state index contributed by atoms with van der Waals surface area (Å²) in [5, 5.41) is 0. The monoisotopic (exact) mass is 332 g/mol. The molecule has 1 saturated heterocycles. The molecule has 6 nitrogen and oxygen atoms in total. The summed E-state index contributed by atoms with van der Waals surface area (Å²) in [6, 6.07) is 9.87. The number of rotatable bonds is 2. The zero-order valence-corrected chi connectivity index (χ0v) is 13.8. The van der Waals surface area contributed by atoms with Gasteiger partial charge in [0.15, 0.2) is 11.5 Å². The minimum atomic E-state index is 0.0403. The van der Waals surface area contributed by atoms with Gasteiger partial charge in [-0.2, -0.15) is 0 Å². The summed E-state index contributed by atoms with van der Waals surface area (Å²) in [4.78, 5) is 23.2. The normalized spacial score (nSPS) is 14.2. The standard InChI is InChI=1S/C19H16N4O2/c1-12-21-15-9-13(3-5-17(15)25-12)14-4-6-18-20-10-16(23(18)11-14)19(24)22-7-2-8-22/h3-6,9-11H,2,7-8H2,1H3. The molecule has 0 saturated carbocycles. The maximum absolute atomic E-state index is 12.6. The van der Waals surface area contributed by atoms with E-state index in [1.807, 2.05) is 52.8 Å². The van der Waals surface area contributed by atoms with E-state index < -0.39 is 0 Å². The number of likely N-dealkylation sites (tertiary alicyclic amines) is 1. The van der Waals surface area contributed by atoms with Crippen molar-refractivity contribution in [3.63, 3.8) is 0 Å². The van der Waals surface area contributed by atoms with Crippen LogP contribution in [-0.4, -0.2) is 38.3 Å². The van der Waals surface area contributed by atoms with Crippen molar-refractivity contribution >= 4 is 22.7 Å². The van der Waals surface area contributed by atoms with E-state index in [4.69, 9.17) is 4.42 Å². The molecule has 25 heavy (non-hydrogen) atoms. The highest BCUT2D eigenvalue weighted by atomic mass is 16.3. The molecule has 124 valence electrons. The van der Waals surface area contributed by atoms with Crippen LogP contribution in [0.15, 0.2) is 47.1 Å². The van der Waals surface area contributed by atoms with E-state index in [-0.39, 0.29) is 5.91 Å². The predicted molar refractivity (Wildman–Crippen MR) is 93.5 cm³/mol. The third-order valence-electron chi connectivity index (χ3n) is 4.70. The van der Waals surface area contributed by atoms with E-state index in [1.165, 1.54) is 0 Å². The van der Waals surface area contributed by atoms with Gasteiger partial charge in [-0.15, -0.1) is 0 Å². The van der Waals surface area contributed by atoms with E-state index in [9.17, 15) is 4.79 Å². The van der Waals surface area contributed by atoms with E-state index >= 15 is 0 Å². The summed E-state index contributed by atoms with van der Waals surface area (Å²) >= 11 is 0. The van der Waals surface area contributed by atoms with Crippen LogP contribution >= 0.6 is 0 Å². The summed E-state index contributed by atoms with van der Waals surface area (Å²) in [6.45, 7) is 3.49. The van der Waals surface area contributed by atoms with Gasteiger partial charge in [0.2, 0.25) is 0 Å². The largest absolute Gasteiger partial charge is 0.441 e. The van der Waals surface area contributed by atoms with Gasteiger partial charge < -0.3 is 9.32 Å². The van der Waals surface area contributed by atoms with E-state index in [0.29, 0.717) is 11.6 Å². The molecule has 0 aliphatic carbocycles. The number of amides is 1. The molecule has 4 aromatic rings. The Bertz CT molecular complexity index is 1120. The van der Waals surface area contributed by atoms with Gasteiger partial charge in [-0.25, -0.2) is 9.97 Å². The quantitative estimate of drug-likeness (QED) is 0.565. The first-order valence-corrected chi connectivity index (χ1v) is 8.33. The molecule has 1 aliphatic rings. The molecular formula is C19H16N4O2. The number of carbonyl (C=O) groups excluding carboxylic acids is 1. The zero-order chi connectivity index (χ0) is 17.0. The SMILES string of the molecule is Cc1nc2cc(-c3ccc4ncc(C(=O)N5CCC5)n4c3)ccc2o1. The highest BCUT2D eigenvalue weighted by Gasteiger charge is 2.24. The number of oxazole rings is 1. The van der Waals surface area contributed by atoms with Crippen molar-refractivity contribution in [3.8, 4) is 11.1 Å². The van der Waals surface area contributed by atoms with Crippen LogP contribution in [0.2, 0.25) is 0 Å². The smallest absolute Gasteiger partial charge is 0.272 e. The van der Waals surface area contributed by atoms with Gasteiger partial charge in [0.25, 0.3) is 5.91 Å². The molecule has 0 atom stereocenters. The van der Waals surface area contributed by atoms with Crippen molar-refractivity contribution in [2.24, 2.45) is 0 Å². The number of fused-ring (bicyclic) bond motifs is 2. The summed E-state index contributed by atoms with van der Waals surface area (Å²) in [5.74, 6) is 0.693. The van der Waals surface area contributed by atoms with Crippen LogP contribution in [0.4, 0.5) is 0 Å². The van der Waals surface area contributed by atoms with Crippen molar-refractivity contribution in [3.05, 3.63) is 54.3 Å². The molecule has 0 N–H and O–H groups in total. The Kier molecular flexibility index (Phi) is 2.94. The lowest BCUT2D eigenvalue weighted by atomic mass is 10.1. The van der Waals surface area contributed by atoms with Gasteiger partial charge in [0, 0.05) is 26.2 Å². The molecule has 1 amide bonds. The van der Waals surface area contributed by atoms with E-state index in [1.54, 1.807) is 6.20 Å². The third kappa shape index (κ3) is 2.21. The Balaban J connectivity index is 1.61. The highest BCUT2D eigenvalue weighted by Crippen LogP contribution is 2.26. The van der Waals surface area contributed by atoms with Gasteiger partial charge in [-0.3, -0.25) is 9.20 Å². The fourth-order valence-corrected chi connectivity index (χ4v) is 3.21. The van der Waals surface area contributed by atoms with Crippen LogP contribution in [0, 0.1) is 6.92 Å². The zero-order valence-electron chi connectivity index (χ0n) is 13.8. The summed E-state index contributed by atoms with van der Waals surface area (Å²) < 4.78 is 7.41. The topological polar surface area (TPSA) is 63.6 Å². The second kappa shape index (κ2) is 5.17. The molecule has 4 heterocycles. The van der Waals surface area contributed by atoms with Gasteiger partial charge in [0.1, 0.15) is 16.9 Å². The second-order valence-electron chi connectivity index (χ2n) is 6.35. The van der Waals surface area contributed by atoms with Crippen molar-refractivity contribution in [2.45, 2.75) is 13.3 Å². The first kappa shape index (κ1) is 14.2. The minimum absolute atomic E-state index is 0.0403. The minimum Gasteiger partial charge on any atom is -0.441 e. The number of aromatic nitrogens is 3. The first-order chi connectivity index (χ1) is 12.2. The molecule has 5 rings (SSSR count). The van der Waals surface area contributed by atoms with Crippen LogP contribution in [0.3, 0.4) is 0 Å². The number of pyridine rings is 1. The molecule has 1 fully saturated rings. The summed E-state index contributed by atoms with van der Waals surface area (Å²) in [7, 11) is 0. The van der Waals surface area contributed by atoms with Crippen molar-refractivity contribution < 1.29 is 9.21 Å². The van der Waals surface area contributed by atoms with Gasteiger partial charge in [0.05, 0.1) is 6.20 Å². The van der Waals surface area contributed by atoms with E-state index in [2.05, 4.69) is 9.97 Å².